The Morgan fingerprint density at radius 2 is 2.24 bits per heavy atom. The number of esters is 1. The second kappa shape index (κ2) is 5.67. The Balaban J connectivity index is 1.95. The van der Waals surface area contributed by atoms with E-state index in [0.29, 0.717) is 22.3 Å². The number of fused-ring (bicyclic) bond motifs is 1. The van der Waals surface area contributed by atoms with Gasteiger partial charge in [-0.25, -0.2) is 9.78 Å². The van der Waals surface area contributed by atoms with Crippen LogP contribution in [0.1, 0.15) is 15.5 Å². The molecule has 3 aromatic rings. The molecule has 0 spiro atoms. The Kier molecular flexibility index (Phi) is 3.89. The number of halogens is 2. The number of hydrogen-bond acceptors (Lipinski definition) is 4. The fourth-order valence-electron chi connectivity index (χ4n) is 2.12. The van der Waals surface area contributed by atoms with Crippen LogP contribution in [0.3, 0.4) is 0 Å². The third-order valence-corrected chi connectivity index (χ3v) is 4.37. The molecule has 0 atom stereocenters. The Morgan fingerprint density at radius 3 is 3.00 bits per heavy atom. The van der Waals surface area contributed by atoms with Gasteiger partial charge in [0.2, 0.25) is 0 Å². The Bertz CT molecular complexity index is 826. The summed E-state index contributed by atoms with van der Waals surface area (Å²) in [5.74, 6) is -0.431. The molecule has 0 bridgehead atoms. The molecule has 2 heterocycles. The van der Waals surface area contributed by atoms with Crippen LogP contribution in [0.2, 0.25) is 10.0 Å². The largest absolute Gasteiger partial charge is 0.464 e. The van der Waals surface area contributed by atoms with Gasteiger partial charge in [-0.3, -0.25) is 0 Å². The first-order valence-electron chi connectivity index (χ1n) is 6.05. The van der Waals surface area contributed by atoms with E-state index in [-0.39, 0.29) is 0 Å². The summed E-state index contributed by atoms with van der Waals surface area (Å²) < 4.78 is 6.63. The lowest BCUT2D eigenvalue weighted by molar-refractivity contribution is 0.0594. The average molecular weight is 341 g/mol. The zero-order valence-electron chi connectivity index (χ0n) is 11.0. The van der Waals surface area contributed by atoms with Gasteiger partial charge >= 0.3 is 5.97 Å². The molecule has 0 aliphatic rings. The molecule has 21 heavy (non-hydrogen) atoms. The maximum absolute atomic E-state index is 11.4. The summed E-state index contributed by atoms with van der Waals surface area (Å²) in [6.45, 7) is 0.534. The number of carbonyl (C=O) groups is 1. The fourth-order valence-corrected chi connectivity index (χ4v) is 3.50. The molecule has 0 saturated carbocycles. The van der Waals surface area contributed by atoms with Crippen molar-refractivity contribution in [2.45, 2.75) is 6.54 Å². The van der Waals surface area contributed by atoms with E-state index in [9.17, 15) is 4.79 Å². The van der Waals surface area contributed by atoms with Gasteiger partial charge < -0.3 is 9.30 Å². The predicted octanol–water partition coefficient (Wildman–Crippen LogP) is 4.24. The van der Waals surface area contributed by atoms with Crippen LogP contribution < -0.4 is 0 Å². The Labute approximate surface area is 134 Å². The molecule has 0 unspecified atom stereocenters. The summed E-state index contributed by atoms with van der Waals surface area (Å²) in [5, 5.41) is 4.65. The van der Waals surface area contributed by atoms with E-state index < -0.39 is 5.97 Å². The van der Waals surface area contributed by atoms with Crippen molar-refractivity contribution in [1.82, 2.24) is 9.55 Å². The average Bonchev–Trinajstić information content (AvgIpc) is 3.06. The Hall–Kier alpha value is -1.56. The van der Waals surface area contributed by atoms with Crippen molar-refractivity contribution in [2.24, 2.45) is 0 Å². The SMILES string of the molecule is COC(=O)c1csc(Cn2ccc3cc(Cl)cc(Cl)c32)n1. The van der Waals surface area contributed by atoms with Crippen LogP contribution in [0.4, 0.5) is 0 Å². The maximum Gasteiger partial charge on any atom is 0.357 e. The lowest BCUT2D eigenvalue weighted by Crippen LogP contribution is -2.03. The predicted molar refractivity (Wildman–Crippen MR) is 84.5 cm³/mol. The number of hydrogen-bond donors (Lipinski definition) is 0. The van der Waals surface area contributed by atoms with Gasteiger partial charge in [-0.1, -0.05) is 23.2 Å². The van der Waals surface area contributed by atoms with Crippen molar-refractivity contribution in [3.05, 3.63) is 50.5 Å². The zero-order chi connectivity index (χ0) is 15.0. The van der Waals surface area contributed by atoms with Crippen molar-refractivity contribution < 1.29 is 9.53 Å². The summed E-state index contributed by atoms with van der Waals surface area (Å²) in [4.78, 5) is 15.7. The van der Waals surface area contributed by atoms with Gasteiger partial charge in [-0.15, -0.1) is 11.3 Å². The molecular formula is C14H10Cl2N2O2S. The number of methoxy groups -OCH3 is 1. The standard InChI is InChI=1S/C14H10Cl2N2O2S/c1-20-14(19)11-7-21-12(17-11)6-18-3-2-8-4-9(15)5-10(16)13(8)18/h2-5,7H,6H2,1H3. The summed E-state index contributed by atoms with van der Waals surface area (Å²) in [7, 11) is 1.34. The van der Waals surface area contributed by atoms with Gasteiger partial charge in [0.05, 0.1) is 24.2 Å². The number of carbonyl (C=O) groups excluding carboxylic acids is 1. The van der Waals surface area contributed by atoms with Crippen molar-refractivity contribution in [2.75, 3.05) is 7.11 Å². The normalized spacial score (nSPS) is 11.0. The Morgan fingerprint density at radius 1 is 1.43 bits per heavy atom. The summed E-state index contributed by atoms with van der Waals surface area (Å²) in [6.07, 6.45) is 1.92. The number of benzene rings is 1. The van der Waals surface area contributed by atoms with Gasteiger partial charge in [-0.05, 0) is 18.2 Å². The molecule has 0 aliphatic carbocycles. The quantitative estimate of drug-likeness (QED) is 0.670. The van der Waals surface area contributed by atoms with Crippen LogP contribution in [0.15, 0.2) is 29.8 Å². The molecule has 0 amide bonds. The third-order valence-electron chi connectivity index (χ3n) is 3.03. The first-order chi connectivity index (χ1) is 10.1. The van der Waals surface area contributed by atoms with E-state index >= 15 is 0 Å². The van der Waals surface area contributed by atoms with Crippen molar-refractivity contribution in [1.29, 1.82) is 0 Å². The molecule has 108 valence electrons. The van der Waals surface area contributed by atoms with Crippen LogP contribution in [-0.4, -0.2) is 22.6 Å². The van der Waals surface area contributed by atoms with Gasteiger partial charge in [0, 0.05) is 22.0 Å². The van der Waals surface area contributed by atoms with Crippen LogP contribution in [-0.2, 0) is 11.3 Å². The minimum Gasteiger partial charge on any atom is -0.464 e. The van der Waals surface area contributed by atoms with E-state index in [1.54, 1.807) is 11.4 Å². The first kappa shape index (κ1) is 14.4. The van der Waals surface area contributed by atoms with E-state index in [0.717, 1.165) is 15.9 Å². The van der Waals surface area contributed by atoms with Gasteiger partial charge in [0.25, 0.3) is 0 Å². The highest BCUT2D eigenvalue weighted by atomic mass is 35.5. The second-order valence-corrected chi connectivity index (χ2v) is 6.17. The van der Waals surface area contributed by atoms with Crippen LogP contribution >= 0.6 is 34.5 Å². The molecule has 7 heteroatoms. The molecule has 0 aliphatic heterocycles. The summed E-state index contributed by atoms with van der Waals surface area (Å²) in [5.41, 5.74) is 1.22. The highest BCUT2D eigenvalue weighted by Gasteiger charge is 2.13. The topological polar surface area (TPSA) is 44.1 Å². The first-order valence-corrected chi connectivity index (χ1v) is 7.68. The zero-order valence-corrected chi connectivity index (χ0v) is 13.3. The molecule has 0 radical (unpaired) electrons. The minimum atomic E-state index is -0.431. The lowest BCUT2D eigenvalue weighted by atomic mass is 10.2. The number of rotatable bonds is 3. The highest BCUT2D eigenvalue weighted by molar-refractivity contribution is 7.09. The van der Waals surface area contributed by atoms with Crippen LogP contribution in [0.25, 0.3) is 10.9 Å². The molecule has 0 fully saturated rings. The summed E-state index contributed by atoms with van der Waals surface area (Å²) >= 11 is 13.7. The number of ether oxygens (including phenoxy) is 1. The van der Waals surface area contributed by atoms with E-state index in [1.165, 1.54) is 18.4 Å². The molecule has 0 saturated heterocycles. The van der Waals surface area contributed by atoms with Crippen molar-refractivity contribution in [3.8, 4) is 0 Å². The molecular weight excluding hydrogens is 331 g/mol. The second-order valence-electron chi connectivity index (χ2n) is 4.39. The van der Waals surface area contributed by atoms with Crippen molar-refractivity contribution >= 4 is 51.4 Å². The number of aromatic nitrogens is 2. The maximum atomic E-state index is 11.4. The molecule has 0 N–H and O–H groups in total. The third kappa shape index (κ3) is 2.77. The minimum absolute atomic E-state index is 0.322. The van der Waals surface area contributed by atoms with Gasteiger partial charge in [-0.2, -0.15) is 0 Å². The van der Waals surface area contributed by atoms with E-state index in [4.69, 9.17) is 23.2 Å². The van der Waals surface area contributed by atoms with Gasteiger partial charge in [0.1, 0.15) is 5.01 Å². The number of thiazole rings is 1. The fraction of sp³-hybridized carbons (Fsp3) is 0.143. The summed E-state index contributed by atoms with van der Waals surface area (Å²) in [6, 6.07) is 5.52. The van der Waals surface area contributed by atoms with Crippen molar-refractivity contribution in [3.63, 3.8) is 0 Å². The molecule has 4 nitrogen and oxygen atoms in total. The van der Waals surface area contributed by atoms with Gasteiger partial charge in [0.15, 0.2) is 5.69 Å². The van der Waals surface area contributed by atoms with Crippen LogP contribution in [0, 0.1) is 0 Å². The lowest BCUT2D eigenvalue weighted by Gasteiger charge is -2.05. The molecule has 3 rings (SSSR count). The van der Waals surface area contributed by atoms with Crippen LogP contribution in [0.5, 0.6) is 0 Å². The molecule has 1 aromatic carbocycles. The van der Waals surface area contributed by atoms with E-state index in [1.807, 2.05) is 22.9 Å². The highest BCUT2D eigenvalue weighted by Crippen LogP contribution is 2.29. The smallest absolute Gasteiger partial charge is 0.357 e. The monoisotopic (exact) mass is 340 g/mol. The van der Waals surface area contributed by atoms with E-state index in [2.05, 4.69) is 9.72 Å². The molecule has 2 aromatic heterocycles. The number of nitrogens with zero attached hydrogens (tertiary/aromatic N) is 2.